The highest BCUT2D eigenvalue weighted by atomic mass is 35.5. The molecule has 0 bridgehead atoms. The summed E-state index contributed by atoms with van der Waals surface area (Å²) < 4.78 is 43.2. The van der Waals surface area contributed by atoms with Crippen molar-refractivity contribution in [3.8, 4) is 5.75 Å². The van der Waals surface area contributed by atoms with Gasteiger partial charge in [0.1, 0.15) is 11.9 Å². The van der Waals surface area contributed by atoms with Crippen LogP contribution in [0.25, 0.3) is 0 Å². The molecule has 0 aromatic heterocycles. The van der Waals surface area contributed by atoms with Gasteiger partial charge in [0.05, 0.1) is 5.56 Å². The van der Waals surface area contributed by atoms with Crippen LogP contribution in [0.2, 0.25) is 0 Å². The minimum absolute atomic E-state index is 0.00768. The maximum absolute atomic E-state index is 12.5. The largest absolute Gasteiger partial charge is 0.490 e. The molecule has 100 valence electrons. The minimum atomic E-state index is -4.34. The van der Waals surface area contributed by atoms with Gasteiger partial charge in [0, 0.05) is 17.2 Å². The van der Waals surface area contributed by atoms with Crippen molar-refractivity contribution in [2.45, 2.75) is 37.9 Å². The minimum Gasteiger partial charge on any atom is -0.490 e. The summed E-state index contributed by atoms with van der Waals surface area (Å²) in [4.78, 5) is 0. The zero-order chi connectivity index (χ0) is 13.6. The summed E-state index contributed by atoms with van der Waals surface area (Å²) >= 11 is 6.05. The molecule has 0 amide bonds. The van der Waals surface area contributed by atoms with E-state index >= 15 is 0 Å². The molecular weight excluding hydrogens is 265 g/mol. The Morgan fingerprint density at radius 2 is 2.00 bits per heavy atom. The molecule has 0 saturated heterocycles. The van der Waals surface area contributed by atoms with Crippen molar-refractivity contribution >= 4 is 11.6 Å². The fraction of sp³-hybridized carbons (Fsp3) is 0.538. The van der Waals surface area contributed by atoms with Crippen LogP contribution in [0.1, 0.15) is 25.8 Å². The van der Waals surface area contributed by atoms with Gasteiger partial charge in [0.25, 0.3) is 0 Å². The molecule has 1 aliphatic rings. The lowest BCUT2D eigenvalue weighted by atomic mass is 9.68. The lowest BCUT2D eigenvalue weighted by Crippen LogP contribution is -2.53. The lowest BCUT2D eigenvalue weighted by molar-refractivity contribution is -0.137. The van der Waals surface area contributed by atoms with E-state index in [0.717, 1.165) is 12.1 Å². The van der Waals surface area contributed by atoms with E-state index in [1.165, 1.54) is 12.1 Å². The summed E-state index contributed by atoms with van der Waals surface area (Å²) in [5, 5.41) is 0.00768. The second-order valence-electron chi connectivity index (χ2n) is 5.16. The summed E-state index contributed by atoms with van der Waals surface area (Å²) in [6, 6.07) is 4.94. The smallest absolute Gasteiger partial charge is 0.416 e. The van der Waals surface area contributed by atoms with Gasteiger partial charge in [0.15, 0.2) is 0 Å². The van der Waals surface area contributed by atoms with Gasteiger partial charge in [-0.2, -0.15) is 13.2 Å². The zero-order valence-corrected chi connectivity index (χ0v) is 10.8. The third kappa shape index (κ3) is 2.44. The monoisotopic (exact) mass is 278 g/mol. The predicted molar refractivity (Wildman–Crippen MR) is 63.9 cm³/mol. The SMILES string of the molecule is CC1(C)C(Cl)CC1Oc1cccc(C(F)(F)F)c1. The molecule has 0 heterocycles. The highest BCUT2D eigenvalue weighted by Gasteiger charge is 2.49. The number of alkyl halides is 4. The molecule has 0 aliphatic heterocycles. The van der Waals surface area contributed by atoms with Gasteiger partial charge in [-0.1, -0.05) is 19.9 Å². The summed E-state index contributed by atoms with van der Waals surface area (Å²) in [5.74, 6) is 0.242. The first-order chi connectivity index (χ1) is 8.21. The van der Waals surface area contributed by atoms with Gasteiger partial charge in [-0.25, -0.2) is 0 Å². The third-order valence-corrected chi connectivity index (χ3v) is 4.24. The Labute approximate surface area is 109 Å². The van der Waals surface area contributed by atoms with Crippen molar-refractivity contribution in [2.75, 3.05) is 0 Å². The van der Waals surface area contributed by atoms with Gasteiger partial charge in [-0.15, -0.1) is 11.6 Å². The van der Waals surface area contributed by atoms with E-state index in [2.05, 4.69) is 0 Å². The molecule has 2 rings (SSSR count). The van der Waals surface area contributed by atoms with Crippen LogP contribution in [-0.2, 0) is 6.18 Å². The Bertz CT molecular complexity index is 442. The second-order valence-corrected chi connectivity index (χ2v) is 5.68. The summed E-state index contributed by atoms with van der Waals surface area (Å²) in [6.07, 6.45) is -3.82. The van der Waals surface area contributed by atoms with E-state index in [4.69, 9.17) is 16.3 Å². The van der Waals surface area contributed by atoms with Crippen LogP contribution in [0.5, 0.6) is 5.75 Å². The van der Waals surface area contributed by atoms with Crippen LogP contribution in [0, 0.1) is 5.41 Å². The molecule has 1 aliphatic carbocycles. The van der Waals surface area contributed by atoms with Gasteiger partial charge < -0.3 is 4.74 Å². The molecule has 0 N–H and O–H groups in total. The maximum atomic E-state index is 12.5. The molecule has 5 heteroatoms. The van der Waals surface area contributed by atoms with Crippen molar-refractivity contribution in [1.82, 2.24) is 0 Å². The number of hydrogen-bond acceptors (Lipinski definition) is 1. The van der Waals surface area contributed by atoms with Gasteiger partial charge in [0.2, 0.25) is 0 Å². The van der Waals surface area contributed by atoms with Crippen molar-refractivity contribution in [1.29, 1.82) is 0 Å². The van der Waals surface area contributed by atoms with Crippen LogP contribution in [0.3, 0.4) is 0 Å². The molecule has 2 atom stereocenters. The van der Waals surface area contributed by atoms with E-state index in [0.29, 0.717) is 6.42 Å². The summed E-state index contributed by atoms with van der Waals surface area (Å²) in [6.45, 7) is 3.90. The molecule has 18 heavy (non-hydrogen) atoms. The molecule has 2 unspecified atom stereocenters. The highest BCUT2D eigenvalue weighted by molar-refractivity contribution is 6.21. The molecule has 1 aromatic rings. The Hall–Kier alpha value is -0.900. The van der Waals surface area contributed by atoms with Crippen LogP contribution >= 0.6 is 11.6 Å². The first-order valence-corrected chi connectivity index (χ1v) is 6.13. The van der Waals surface area contributed by atoms with E-state index in [1.54, 1.807) is 0 Å². The standard InChI is InChI=1S/C13H14ClF3O/c1-12(2)10(14)7-11(12)18-9-5-3-4-8(6-9)13(15,16)17/h3-6,10-11H,7H2,1-2H3. The summed E-state index contributed by atoms with van der Waals surface area (Å²) in [5.41, 5.74) is -0.907. The van der Waals surface area contributed by atoms with Crippen LogP contribution in [0.4, 0.5) is 13.2 Å². The number of halogens is 4. The van der Waals surface area contributed by atoms with E-state index < -0.39 is 11.7 Å². The van der Waals surface area contributed by atoms with Gasteiger partial charge >= 0.3 is 6.18 Å². The number of hydrogen-bond donors (Lipinski definition) is 0. The number of ether oxygens (including phenoxy) is 1. The zero-order valence-electron chi connectivity index (χ0n) is 10.1. The molecule has 0 spiro atoms. The molecule has 1 saturated carbocycles. The number of benzene rings is 1. The van der Waals surface area contributed by atoms with E-state index in [9.17, 15) is 13.2 Å². The first-order valence-electron chi connectivity index (χ1n) is 5.69. The average Bonchev–Trinajstić information content (AvgIpc) is 2.28. The molecule has 1 nitrogen and oxygen atoms in total. The van der Waals surface area contributed by atoms with Crippen molar-refractivity contribution < 1.29 is 17.9 Å². The summed E-state index contributed by atoms with van der Waals surface area (Å²) in [7, 11) is 0. The van der Waals surface area contributed by atoms with Crippen molar-refractivity contribution in [2.24, 2.45) is 5.41 Å². The molecular formula is C13H14ClF3O. The molecule has 1 fully saturated rings. The van der Waals surface area contributed by atoms with Crippen molar-refractivity contribution in [3.63, 3.8) is 0 Å². The topological polar surface area (TPSA) is 9.23 Å². The maximum Gasteiger partial charge on any atom is 0.416 e. The Kier molecular flexibility index (Phi) is 3.26. The van der Waals surface area contributed by atoms with Crippen LogP contribution in [-0.4, -0.2) is 11.5 Å². The Morgan fingerprint density at radius 1 is 1.33 bits per heavy atom. The Morgan fingerprint density at radius 3 is 2.50 bits per heavy atom. The fourth-order valence-electron chi connectivity index (χ4n) is 1.95. The van der Waals surface area contributed by atoms with E-state index in [-0.39, 0.29) is 22.6 Å². The molecule has 0 radical (unpaired) electrons. The van der Waals surface area contributed by atoms with Gasteiger partial charge in [-0.3, -0.25) is 0 Å². The molecule has 1 aromatic carbocycles. The normalized spacial score (nSPS) is 26.6. The number of rotatable bonds is 2. The van der Waals surface area contributed by atoms with Crippen LogP contribution < -0.4 is 4.74 Å². The second kappa shape index (κ2) is 4.34. The third-order valence-electron chi connectivity index (χ3n) is 3.50. The average molecular weight is 279 g/mol. The highest BCUT2D eigenvalue weighted by Crippen LogP contribution is 2.46. The quantitative estimate of drug-likeness (QED) is 0.724. The first kappa shape index (κ1) is 13.5. The van der Waals surface area contributed by atoms with E-state index in [1.807, 2.05) is 13.8 Å². The Balaban J connectivity index is 2.12. The van der Waals surface area contributed by atoms with Crippen LogP contribution in [0.15, 0.2) is 24.3 Å². The van der Waals surface area contributed by atoms with Crippen molar-refractivity contribution in [3.05, 3.63) is 29.8 Å². The lowest BCUT2D eigenvalue weighted by Gasteiger charge is -2.48. The fourth-order valence-corrected chi connectivity index (χ4v) is 2.25. The van der Waals surface area contributed by atoms with Gasteiger partial charge in [-0.05, 0) is 18.2 Å². The predicted octanol–water partition coefficient (Wildman–Crippen LogP) is 4.49.